The minimum absolute atomic E-state index is 0.159. The van der Waals surface area contributed by atoms with E-state index < -0.39 is 0 Å². The highest BCUT2D eigenvalue weighted by atomic mass is 15.1. The topological polar surface area (TPSA) is 43.6 Å². The van der Waals surface area contributed by atoms with E-state index in [2.05, 4.69) is 46.4 Å². The van der Waals surface area contributed by atoms with Gasteiger partial charge < -0.3 is 0 Å². The van der Waals surface area contributed by atoms with Crippen LogP contribution in [0.3, 0.4) is 0 Å². The maximum atomic E-state index is 4.45. The first-order chi connectivity index (χ1) is 8.51. The number of nitrogens with zero attached hydrogens (tertiary/aromatic N) is 4. The van der Waals surface area contributed by atoms with Gasteiger partial charge >= 0.3 is 0 Å². The molecule has 2 aromatic rings. The number of allylic oxidation sites excluding steroid dienone is 2. The maximum absolute atomic E-state index is 4.45. The molecule has 0 N–H and O–H groups in total. The molecule has 1 atom stereocenters. The van der Waals surface area contributed by atoms with Crippen LogP contribution in [0.15, 0.2) is 18.7 Å². The van der Waals surface area contributed by atoms with Crippen molar-refractivity contribution in [2.75, 3.05) is 0 Å². The Balaban J connectivity index is 2.20. The lowest BCUT2D eigenvalue weighted by atomic mass is 9.81. The molecule has 0 saturated carbocycles. The van der Waals surface area contributed by atoms with Gasteiger partial charge in [-0.1, -0.05) is 26.8 Å². The zero-order chi connectivity index (χ0) is 12.9. The molecule has 0 amide bonds. The highest BCUT2D eigenvalue weighted by Gasteiger charge is 2.36. The van der Waals surface area contributed by atoms with Crippen LogP contribution in [-0.4, -0.2) is 19.5 Å². The molecule has 94 valence electrons. The van der Waals surface area contributed by atoms with Gasteiger partial charge in [0.05, 0.1) is 5.69 Å². The van der Waals surface area contributed by atoms with E-state index in [1.54, 1.807) is 6.33 Å². The molecule has 0 spiro atoms. The molecule has 1 aliphatic carbocycles. The summed E-state index contributed by atoms with van der Waals surface area (Å²) in [6, 6.07) is 0. The van der Waals surface area contributed by atoms with Crippen LogP contribution in [0.5, 0.6) is 0 Å². The minimum Gasteiger partial charge on any atom is -0.287 e. The van der Waals surface area contributed by atoms with Gasteiger partial charge in [-0.05, 0) is 19.3 Å². The highest BCUT2D eigenvalue weighted by molar-refractivity contribution is 5.78. The Hall–Kier alpha value is -1.71. The molecule has 1 unspecified atom stereocenters. The molecule has 4 heteroatoms. The van der Waals surface area contributed by atoms with E-state index in [0.29, 0.717) is 5.92 Å². The predicted molar refractivity (Wildman–Crippen MR) is 71.9 cm³/mol. The summed E-state index contributed by atoms with van der Waals surface area (Å²) in [5.41, 5.74) is 4.20. The van der Waals surface area contributed by atoms with Crippen LogP contribution in [0.2, 0.25) is 0 Å². The number of aryl methyl sites for hydroxylation is 1. The standard InChI is InChI=1S/C14H18N4/c1-9-5-6-11(14(9,3)4)18-8-17-12-10(2)15-7-16-13(12)18/h6-9H,5H2,1-4H3. The Morgan fingerprint density at radius 2 is 2.06 bits per heavy atom. The van der Waals surface area contributed by atoms with Crippen molar-refractivity contribution in [2.45, 2.75) is 34.1 Å². The second-order valence-corrected chi connectivity index (χ2v) is 5.69. The lowest BCUT2D eigenvalue weighted by molar-refractivity contribution is 0.338. The average Bonchev–Trinajstić information content (AvgIpc) is 2.84. The largest absolute Gasteiger partial charge is 0.287 e. The second kappa shape index (κ2) is 3.64. The first-order valence-electron chi connectivity index (χ1n) is 6.37. The molecular formula is C14H18N4. The number of fused-ring (bicyclic) bond motifs is 1. The zero-order valence-electron chi connectivity index (χ0n) is 11.3. The Morgan fingerprint density at radius 3 is 2.72 bits per heavy atom. The van der Waals surface area contributed by atoms with Crippen molar-refractivity contribution in [3.05, 3.63) is 24.4 Å². The van der Waals surface area contributed by atoms with Crippen LogP contribution in [0.25, 0.3) is 16.9 Å². The number of aromatic nitrogens is 4. The van der Waals surface area contributed by atoms with Crippen LogP contribution in [0.1, 0.15) is 32.9 Å². The Bertz CT molecular complexity index is 636. The van der Waals surface area contributed by atoms with Crippen LogP contribution < -0.4 is 0 Å². The first-order valence-corrected chi connectivity index (χ1v) is 6.37. The van der Waals surface area contributed by atoms with Gasteiger partial charge in [0.1, 0.15) is 18.2 Å². The molecule has 0 bridgehead atoms. The molecule has 0 fully saturated rings. The summed E-state index contributed by atoms with van der Waals surface area (Å²) in [4.78, 5) is 13.0. The van der Waals surface area contributed by atoms with Crippen molar-refractivity contribution in [1.29, 1.82) is 0 Å². The van der Waals surface area contributed by atoms with E-state index in [1.165, 1.54) is 5.70 Å². The monoisotopic (exact) mass is 242 g/mol. The summed E-state index contributed by atoms with van der Waals surface area (Å²) in [7, 11) is 0. The molecule has 0 aromatic carbocycles. The predicted octanol–water partition coefficient (Wildman–Crippen LogP) is 3.04. The summed E-state index contributed by atoms with van der Waals surface area (Å²) >= 11 is 0. The lowest BCUT2D eigenvalue weighted by Gasteiger charge is -2.28. The van der Waals surface area contributed by atoms with Gasteiger partial charge in [-0.15, -0.1) is 0 Å². The van der Waals surface area contributed by atoms with Gasteiger partial charge in [-0.3, -0.25) is 4.57 Å². The van der Waals surface area contributed by atoms with Gasteiger partial charge in [-0.25, -0.2) is 15.0 Å². The fourth-order valence-electron chi connectivity index (χ4n) is 2.64. The van der Waals surface area contributed by atoms with Crippen LogP contribution in [0, 0.1) is 18.3 Å². The molecule has 4 nitrogen and oxygen atoms in total. The molecule has 0 saturated heterocycles. The fourth-order valence-corrected chi connectivity index (χ4v) is 2.64. The summed E-state index contributed by atoms with van der Waals surface area (Å²) < 4.78 is 2.12. The lowest BCUT2D eigenvalue weighted by Crippen LogP contribution is -2.21. The quantitative estimate of drug-likeness (QED) is 0.772. The van der Waals surface area contributed by atoms with Crippen LogP contribution in [0.4, 0.5) is 0 Å². The van der Waals surface area contributed by atoms with Crippen molar-refractivity contribution in [1.82, 2.24) is 19.5 Å². The normalized spacial score (nSPS) is 22.4. The maximum Gasteiger partial charge on any atom is 0.167 e. The third kappa shape index (κ3) is 1.41. The molecule has 2 heterocycles. The van der Waals surface area contributed by atoms with Crippen molar-refractivity contribution in [3.63, 3.8) is 0 Å². The number of rotatable bonds is 1. The summed E-state index contributed by atoms with van der Waals surface area (Å²) in [5.74, 6) is 0.646. The summed E-state index contributed by atoms with van der Waals surface area (Å²) in [6.07, 6.45) is 6.91. The molecular weight excluding hydrogens is 224 g/mol. The van der Waals surface area contributed by atoms with E-state index in [0.717, 1.165) is 23.3 Å². The van der Waals surface area contributed by atoms with E-state index in [4.69, 9.17) is 0 Å². The number of hydrogen-bond acceptors (Lipinski definition) is 3. The van der Waals surface area contributed by atoms with Gasteiger partial charge in [0, 0.05) is 11.1 Å². The van der Waals surface area contributed by atoms with Gasteiger partial charge in [-0.2, -0.15) is 0 Å². The Labute approximate surface area is 107 Å². The van der Waals surface area contributed by atoms with Gasteiger partial charge in [0.2, 0.25) is 0 Å². The third-order valence-electron chi connectivity index (χ3n) is 4.33. The van der Waals surface area contributed by atoms with Crippen LogP contribution >= 0.6 is 0 Å². The summed E-state index contributed by atoms with van der Waals surface area (Å²) in [6.45, 7) is 8.84. The van der Waals surface area contributed by atoms with E-state index in [1.807, 2.05) is 13.3 Å². The zero-order valence-corrected chi connectivity index (χ0v) is 11.3. The van der Waals surface area contributed by atoms with Gasteiger partial charge in [0.15, 0.2) is 5.65 Å². The molecule has 0 aliphatic heterocycles. The Morgan fingerprint density at radius 1 is 1.28 bits per heavy atom. The molecule has 2 aromatic heterocycles. The van der Waals surface area contributed by atoms with Gasteiger partial charge in [0.25, 0.3) is 0 Å². The van der Waals surface area contributed by atoms with Crippen molar-refractivity contribution < 1.29 is 0 Å². The highest BCUT2D eigenvalue weighted by Crippen LogP contribution is 2.46. The molecule has 0 radical (unpaired) electrons. The van der Waals surface area contributed by atoms with Crippen molar-refractivity contribution in [3.8, 4) is 0 Å². The number of hydrogen-bond donors (Lipinski definition) is 0. The minimum atomic E-state index is 0.159. The smallest absolute Gasteiger partial charge is 0.167 e. The SMILES string of the molecule is Cc1ncnc2c1ncn2C1=CCC(C)C1(C)C. The molecule has 18 heavy (non-hydrogen) atoms. The summed E-state index contributed by atoms with van der Waals surface area (Å²) in [5, 5.41) is 0. The van der Waals surface area contributed by atoms with E-state index >= 15 is 0 Å². The Kier molecular flexibility index (Phi) is 2.30. The van der Waals surface area contributed by atoms with Crippen LogP contribution in [-0.2, 0) is 0 Å². The molecule has 3 rings (SSSR count). The van der Waals surface area contributed by atoms with E-state index in [-0.39, 0.29) is 5.41 Å². The third-order valence-corrected chi connectivity index (χ3v) is 4.33. The van der Waals surface area contributed by atoms with Crippen molar-refractivity contribution in [2.24, 2.45) is 11.3 Å². The van der Waals surface area contributed by atoms with E-state index in [9.17, 15) is 0 Å². The fraction of sp³-hybridized carbons (Fsp3) is 0.500. The van der Waals surface area contributed by atoms with Crippen molar-refractivity contribution >= 4 is 16.9 Å². The molecule has 1 aliphatic rings. The number of imidazole rings is 1. The average molecular weight is 242 g/mol. The first kappa shape index (κ1) is 11.4. The second-order valence-electron chi connectivity index (χ2n) is 5.69.